The number of fused-ring (bicyclic) bond motifs is 1. The molecule has 0 radical (unpaired) electrons. The molecule has 278 valence electrons. The Morgan fingerprint density at radius 3 is 2.25 bits per heavy atom. The van der Waals surface area contributed by atoms with Crippen molar-refractivity contribution in [1.82, 2.24) is 31.2 Å². The van der Waals surface area contributed by atoms with Crippen molar-refractivity contribution in [2.75, 3.05) is 6.54 Å². The van der Waals surface area contributed by atoms with Crippen molar-refractivity contribution >= 4 is 47.2 Å². The first kappa shape index (κ1) is 39.9. The molecule has 0 saturated heterocycles. The summed E-state index contributed by atoms with van der Waals surface area (Å²) in [5.41, 5.74) is 2.21. The molecular formula is C40H52N6O5S. The SMILES string of the molecule is CCC(C)CNC(=O)C[C@H](S)[C@H](CC(C)C)NC(=O)[C@H](Cc1c[nH]cn1)NC(=O)[C@H](Cc1cccc2ccccc12)NC(=O)OCc1ccccc1. The van der Waals surface area contributed by atoms with E-state index < -0.39 is 41.3 Å². The molecule has 12 heteroatoms. The molecule has 0 fully saturated rings. The summed E-state index contributed by atoms with van der Waals surface area (Å²) in [6.07, 6.45) is 4.27. The molecule has 0 bridgehead atoms. The normalized spacial score (nSPS) is 14.1. The molecule has 0 spiro atoms. The predicted molar refractivity (Wildman–Crippen MR) is 207 cm³/mol. The van der Waals surface area contributed by atoms with Gasteiger partial charge in [-0.2, -0.15) is 12.6 Å². The van der Waals surface area contributed by atoms with Gasteiger partial charge in [0, 0.05) is 43.3 Å². The van der Waals surface area contributed by atoms with Gasteiger partial charge in [-0.3, -0.25) is 14.4 Å². The second-order valence-corrected chi connectivity index (χ2v) is 14.4. The number of aromatic nitrogens is 2. The third kappa shape index (κ3) is 12.7. The van der Waals surface area contributed by atoms with Crippen LogP contribution in [-0.2, 0) is 38.6 Å². The number of carbonyl (C=O) groups is 4. The highest BCUT2D eigenvalue weighted by atomic mass is 32.1. The van der Waals surface area contributed by atoms with Gasteiger partial charge in [-0.05, 0) is 40.2 Å². The lowest BCUT2D eigenvalue weighted by atomic mass is 9.97. The van der Waals surface area contributed by atoms with Crippen LogP contribution < -0.4 is 21.3 Å². The number of carbonyl (C=O) groups excluding carboxylic acids is 4. The number of nitrogens with one attached hydrogen (secondary N) is 5. The van der Waals surface area contributed by atoms with Crippen LogP contribution in [0.3, 0.4) is 0 Å². The number of H-pyrrole nitrogens is 1. The minimum absolute atomic E-state index is 0.0251. The zero-order valence-corrected chi connectivity index (χ0v) is 31.3. The Hall–Kier alpha value is -4.84. The minimum atomic E-state index is -1.08. The van der Waals surface area contributed by atoms with Crippen LogP contribution >= 0.6 is 12.6 Å². The third-order valence-corrected chi connectivity index (χ3v) is 9.53. The largest absolute Gasteiger partial charge is 0.445 e. The number of ether oxygens (including phenoxy) is 1. The number of thiol groups is 1. The van der Waals surface area contributed by atoms with Gasteiger partial charge >= 0.3 is 6.09 Å². The molecule has 3 aromatic carbocycles. The Labute approximate surface area is 311 Å². The maximum Gasteiger partial charge on any atom is 0.408 e. The number of rotatable bonds is 19. The molecular weight excluding hydrogens is 677 g/mol. The lowest BCUT2D eigenvalue weighted by Gasteiger charge is -2.29. The molecule has 1 aromatic heterocycles. The van der Waals surface area contributed by atoms with Gasteiger partial charge in [0.15, 0.2) is 0 Å². The van der Waals surface area contributed by atoms with Crippen LogP contribution in [0.25, 0.3) is 10.8 Å². The van der Waals surface area contributed by atoms with E-state index in [-0.39, 0.29) is 37.7 Å². The van der Waals surface area contributed by atoms with Gasteiger partial charge < -0.3 is 31.0 Å². The van der Waals surface area contributed by atoms with Crippen LogP contribution in [0.1, 0.15) is 63.8 Å². The summed E-state index contributed by atoms with van der Waals surface area (Å²) >= 11 is 4.77. The molecule has 4 aromatic rings. The Morgan fingerprint density at radius 1 is 0.846 bits per heavy atom. The number of benzene rings is 3. The van der Waals surface area contributed by atoms with Crippen molar-refractivity contribution in [1.29, 1.82) is 0 Å². The van der Waals surface area contributed by atoms with Crippen molar-refractivity contribution in [3.8, 4) is 0 Å². The molecule has 0 aliphatic heterocycles. The van der Waals surface area contributed by atoms with Gasteiger partial charge in [0.05, 0.1) is 12.0 Å². The second kappa shape index (κ2) is 20.3. The number of aromatic amines is 1. The summed E-state index contributed by atoms with van der Waals surface area (Å²) in [5, 5.41) is 13.2. The van der Waals surface area contributed by atoms with E-state index in [4.69, 9.17) is 17.4 Å². The molecule has 1 heterocycles. The molecule has 5 atom stereocenters. The van der Waals surface area contributed by atoms with Crippen molar-refractivity contribution in [2.24, 2.45) is 11.8 Å². The number of hydrogen-bond acceptors (Lipinski definition) is 7. The monoisotopic (exact) mass is 728 g/mol. The predicted octanol–water partition coefficient (Wildman–Crippen LogP) is 5.51. The number of amides is 4. The summed E-state index contributed by atoms with van der Waals surface area (Å²) in [7, 11) is 0. The van der Waals surface area contributed by atoms with Crippen LogP contribution in [0, 0.1) is 11.8 Å². The maximum atomic E-state index is 14.2. The fraction of sp³-hybridized carbons (Fsp3) is 0.425. The van der Waals surface area contributed by atoms with E-state index in [9.17, 15) is 19.2 Å². The fourth-order valence-electron chi connectivity index (χ4n) is 5.84. The Bertz CT molecular complexity index is 1730. The second-order valence-electron chi connectivity index (χ2n) is 13.8. The van der Waals surface area contributed by atoms with Crippen molar-refractivity contribution < 1.29 is 23.9 Å². The first-order chi connectivity index (χ1) is 25.0. The zero-order valence-electron chi connectivity index (χ0n) is 30.4. The molecule has 52 heavy (non-hydrogen) atoms. The van der Waals surface area contributed by atoms with Crippen molar-refractivity contribution in [3.05, 3.63) is 102 Å². The van der Waals surface area contributed by atoms with E-state index in [0.29, 0.717) is 24.6 Å². The van der Waals surface area contributed by atoms with Crippen LogP contribution in [-0.4, -0.2) is 63.7 Å². The zero-order chi connectivity index (χ0) is 37.5. The van der Waals surface area contributed by atoms with Gasteiger partial charge in [-0.15, -0.1) is 0 Å². The Kier molecular flexibility index (Phi) is 15.6. The molecule has 1 unspecified atom stereocenters. The molecule has 0 aliphatic carbocycles. The number of imidazole rings is 1. The van der Waals surface area contributed by atoms with Gasteiger partial charge in [0.25, 0.3) is 0 Å². The standard InChI is InChI=1S/C40H52N6O5S/c1-5-27(4)22-42-37(47)21-36(52)33(18-26(2)3)44-39(49)35(20-31-23-41-25-43-31)45-38(48)34(46-40(50)51-24-28-12-7-6-8-13-28)19-30-16-11-15-29-14-9-10-17-32(29)30/h6-17,23,25-27,33-36,52H,5,18-22,24H2,1-4H3,(H,41,43)(H,42,47)(H,44,49)(H,45,48)(H,46,50)/t27?,33-,34-,35-,36-/m0/s1. The fourth-order valence-corrected chi connectivity index (χ4v) is 6.20. The molecule has 5 N–H and O–H groups in total. The lowest BCUT2D eigenvalue weighted by molar-refractivity contribution is -0.130. The lowest BCUT2D eigenvalue weighted by Crippen LogP contribution is -2.57. The minimum Gasteiger partial charge on any atom is -0.445 e. The average Bonchev–Trinajstić information content (AvgIpc) is 3.65. The Morgan fingerprint density at radius 2 is 1.54 bits per heavy atom. The van der Waals surface area contributed by atoms with Crippen molar-refractivity contribution in [2.45, 2.75) is 89.8 Å². The number of nitrogens with zero attached hydrogens (tertiary/aromatic N) is 1. The van der Waals surface area contributed by atoms with Crippen LogP contribution in [0.4, 0.5) is 4.79 Å². The Balaban J connectivity index is 1.54. The van der Waals surface area contributed by atoms with Crippen LogP contribution in [0.5, 0.6) is 0 Å². The van der Waals surface area contributed by atoms with E-state index in [0.717, 1.165) is 28.3 Å². The van der Waals surface area contributed by atoms with Crippen molar-refractivity contribution in [3.63, 3.8) is 0 Å². The number of hydrogen-bond donors (Lipinski definition) is 6. The van der Waals surface area contributed by atoms with E-state index >= 15 is 0 Å². The van der Waals surface area contributed by atoms with E-state index in [2.05, 4.69) is 45.1 Å². The summed E-state index contributed by atoms with van der Waals surface area (Å²) in [6.45, 7) is 8.81. The summed E-state index contributed by atoms with van der Waals surface area (Å²) in [5.74, 6) is -0.599. The van der Waals surface area contributed by atoms with E-state index in [1.807, 2.05) is 86.6 Å². The van der Waals surface area contributed by atoms with Gasteiger partial charge in [-0.1, -0.05) is 107 Å². The summed E-state index contributed by atoms with van der Waals surface area (Å²) in [4.78, 5) is 61.3. The molecule has 0 saturated carbocycles. The first-order valence-corrected chi connectivity index (χ1v) is 18.5. The molecule has 0 aliphatic rings. The third-order valence-electron chi connectivity index (χ3n) is 8.98. The quantitative estimate of drug-likeness (QED) is 0.0701. The maximum absolute atomic E-state index is 14.2. The van der Waals surface area contributed by atoms with E-state index in [1.165, 1.54) is 6.33 Å². The average molecular weight is 729 g/mol. The number of alkyl carbamates (subject to hydrolysis) is 1. The molecule has 11 nitrogen and oxygen atoms in total. The molecule has 4 rings (SSSR count). The van der Waals surface area contributed by atoms with Crippen LogP contribution in [0.2, 0.25) is 0 Å². The summed E-state index contributed by atoms with van der Waals surface area (Å²) < 4.78 is 5.49. The first-order valence-electron chi connectivity index (χ1n) is 18.0. The van der Waals surface area contributed by atoms with Gasteiger partial charge in [0.2, 0.25) is 17.7 Å². The van der Waals surface area contributed by atoms with Crippen LogP contribution in [0.15, 0.2) is 85.3 Å². The van der Waals surface area contributed by atoms with Gasteiger partial charge in [-0.25, -0.2) is 9.78 Å². The smallest absolute Gasteiger partial charge is 0.408 e. The topological polar surface area (TPSA) is 154 Å². The molecule has 4 amide bonds. The highest BCUT2D eigenvalue weighted by Gasteiger charge is 2.31. The van der Waals surface area contributed by atoms with E-state index in [1.54, 1.807) is 6.20 Å². The van der Waals surface area contributed by atoms with Gasteiger partial charge in [0.1, 0.15) is 18.7 Å². The summed E-state index contributed by atoms with van der Waals surface area (Å²) in [6, 6.07) is 20.3. The highest BCUT2D eigenvalue weighted by molar-refractivity contribution is 7.81. The highest BCUT2D eigenvalue weighted by Crippen LogP contribution is 2.21.